The van der Waals surface area contributed by atoms with Crippen LogP contribution in [0, 0.1) is 0 Å². The fourth-order valence-electron chi connectivity index (χ4n) is 3.54. The summed E-state index contributed by atoms with van der Waals surface area (Å²) in [4.78, 5) is 18.1. The van der Waals surface area contributed by atoms with E-state index in [2.05, 4.69) is 25.8 Å². The minimum absolute atomic E-state index is 0.116. The minimum Gasteiger partial charge on any atom is -0.496 e. The number of carbonyl (C=O) groups is 1. The third kappa shape index (κ3) is 6.70. The Hall–Kier alpha value is -2.72. The first-order chi connectivity index (χ1) is 16.8. The third-order valence-electron chi connectivity index (χ3n) is 5.16. The van der Waals surface area contributed by atoms with Crippen LogP contribution in [0.3, 0.4) is 0 Å². The van der Waals surface area contributed by atoms with E-state index in [9.17, 15) is 4.79 Å². The van der Waals surface area contributed by atoms with E-state index in [0.717, 1.165) is 15.8 Å². The highest BCUT2D eigenvalue weighted by Gasteiger charge is 2.29. The predicted molar refractivity (Wildman–Crippen MR) is 135 cm³/mol. The number of nitrogens with zero attached hydrogens (tertiary/aromatic N) is 1. The lowest BCUT2D eigenvalue weighted by atomic mass is 9.83. The van der Waals surface area contributed by atoms with Gasteiger partial charge >= 0.3 is 0 Å². The van der Waals surface area contributed by atoms with Gasteiger partial charge in [0.2, 0.25) is 5.78 Å². The monoisotopic (exact) mass is 503 g/mol. The van der Waals surface area contributed by atoms with Crippen LogP contribution in [0.5, 0.6) is 17.2 Å². The normalized spacial score (nSPS) is 11.6. The van der Waals surface area contributed by atoms with Crippen molar-refractivity contribution < 1.29 is 33.2 Å². The van der Waals surface area contributed by atoms with Gasteiger partial charge in [-0.2, -0.15) is 0 Å². The standard InChI is InChI=1S/C26H33NO7S/c1-26(2,3)22-20(33-14-12-30-5)10-8-18(24(22)31-6)23(28)25-27-19-9-7-17(15-21(19)35-25)34-16-32-13-11-29-4/h7-10,15H,11-14,16H2,1-6H3. The average Bonchev–Trinajstić information content (AvgIpc) is 3.26. The second-order valence-corrected chi connectivity index (χ2v) is 9.78. The highest BCUT2D eigenvalue weighted by Crippen LogP contribution is 2.42. The van der Waals surface area contributed by atoms with Crippen molar-refractivity contribution in [2.75, 3.05) is 54.5 Å². The zero-order valence-corrected chi connectivity index (χ0v) is 22.0. The molecule has 0 radical (unpaired) electrons. The molecule has 0 atom stereocenters. The topological polar surface area (TPSA) is 85.3 Å². The first kappa shape index (κ1) is 26.9. The van der Waals surface area contributed by atoms with Gasteiger partial charge in [0.25, 0.3) is 0 Å². The number of thiazole rings is 1. The van der Waals surface area contributed by atoms with E-state index >= 15 is 0 Å². The van der Waals surface area contributed by atoms with Gasteiger partial charge in [0.15, 0.2) is 11.8 Å². The molecule has 2 aromatic carbocycles. The largest absolute Gasteiger partial charge is 0.496 e. The molecule has 0 saturated carbocycles. The molecule has 1 heterocycles. The maximum atomic E-state index is 13.5. The minimum atomic E-state index is -0.324. The van der Waals surface area contributed by atoms with E-state index in [0.29, 0.717) is 54.2 Å². The number of ketones is 1. The highest BCUT2D eigenvalue weighted by molar-refractivity contribution is 7.20. The molecule has 190 valence electrons. The maximum absolute atomic E-state index is 13.5. The summed E-state index contributed by atoms with van der Waals surface area (Å²) in [6.45, 7) is 8.10. The number of aromatic nitrogens is 1. The summed E-state index contributed by atoms with van der Waals surface area (Å²) >= 11 is 1.31. The van der Waals surface area contributed by atoms with Gasteiger partial charge < -0.3 is 28.4 Å². The molecule has 0 N–H and O–H groups in total. The lowest BCUT2D eigenvalue weighted by Crippen LogP contribution is -2.18. The van der Waals surface area contributed by atoms with Gasteiger partial charge in [-0.3, -0.25) is 4.79 Å². The molecule has 0 unspecified atom stereocenters. The smallest absolute Gasteiger partial charge is 0.225 e. The summed E-state index contributed by atoms with van der Waals surface area (Å²) in [5.74, 6) is 1.60. The van der Waals surface area contributed by atoms with Gasteiger partial charge in [-0.05, 0) is 35.7 Å². The summed E-state index contributed by atoms with van der Waals surface area (Å²) < 4.78 is 33.6. The molecule has 0 amide bonds. The van der Waals surface area contributed by atoms with Crippen molar-refractivity contribution in [3.8, 4) is 17.2 Å². The highest BCUT2D eigenvalue weighted by atomic mass is 32.1. The van der Waals surface area contributed by atoms with E-state index in [1.165, 1.54) is 11.3 Å². The van der Waals surface area contributed by atoms with Crippen molar-refractivity contribution in [1.29, 1.82) is 0 Å². The summed E-state index contributed by atoms with van der Waals surface area (Å²) in [5.41, 5.74) is 1.67. The molecule has 0 saturated heterocycles. The molecule has 9 heteroatoms. The van der Waals surface area contributed by atoms with E-state index in [4.69, 9.17) is 28.4 Å². The van der Waals surface area contributed by atoms with Crippen LogP contribution in [0.1, 0.15) is 41.7 Å². The van der Waals surface area contributed by atoms with Crippen LogP contribution >= 0.6 is 11.3 Å². The molecule has 35 heavy (non-hydrogen) atoms. The number of methoxy groups -OCH3 is 3. The van der Waals surface area contributed by atoms with E-state index < -0.39 is 0 Å². The van der Waals surface area contributed by atoms with Gasteiger partial charge in [0, 0.05) is 19.8 Å². The first-order valence-electron chi connectivity index (χ1n) is 11.3. The number of hydrogen-bond donors (Lipinski definition) is 0. The van der Waals surface area contributed by atoms with Gasteiger partial charge in [-0.1, -0.05) is 20.8 Å². The van der Waals surface area contributed by atoms with E-state index in [1.54, 1.807) is 33.5 Å². The Morgan fingerprint density at radius 2 is 1.69 bits per heavy atom. The molecule has 0 aliphatic heterocycles. The fourth-order valence-corrected chi connectivity index (χ4v) is 4.49. The van der Waals surface area contributed by atoms with Crippen molar-refractivity contribution in [3.05, 3.63) is 46.5 Å². The molecular weight excluding hydrogens is 470 g/mol. The second kappa shape index (κ2) is 12.3. The van der Waals surface area contributed by atoms with Crippen molar-refractivity contribution in [2.24, 2.45) is 0 Å². The molecule has 3 rings (SSSR count). The summed E-state index contributed by atoms with van der Waals surface area (Å²) in [6, 6.07) is 9.04. The number of rotatable bonds is 13. The van der Waals surface area contributed by atoms with Crippen molar-refractivity contribution in [1.82, 2.24) is 4.98 Å². The quantitative estimate of drug-likeness (QED) is 0.186. The van der Waals surface area contributed by atoms with Crippen molar-refractivity contribution in [3.63, 3.8) is 0 Å². The van der Waals surface area contributed by atoms with Crippen LogP contribution in [0.4, 0.5) is 0 Å². The van der Waals surface area contributed by atoms with Crippen LogP contribution in [-0.4, -0.2) is 65.3 Å². The molecule has 0 bridgehead atoms. The lowest BCUT2D eigenvalue weighted by molar-refractivity contribution is -0.00840. The van der Waals surface area contributed by atoms with Gasteiger partial charge in [0.05, 0.1) is 42.7 Å². The average molecular weight is 504 g/mol. The Kier molecular flexibility index (Phi) is 9.45. The number of carbonyl (C=O) groups excluding carboxylic acids is 1. The molecule has 8 nitrogen and oxygen atoms in total. The Labute approximate surface area is 210 Å². The zero-order valence-electron chi connectivity index (χ0n) is 21.1. The van der Waals surface area contributed by atoms with Crippen molar-refractivity contribution >= 4 is 27.3 Å². The molecule has 0 spiro atoms. The Morgan fingerprint density at radius 1 is 0.943 bits per heavy atom. The SMILES string of the molecule is COCCOCOc1ccc2nc(C(=O)c3ccc(OCCOC)c(C(C)(C)C)c3OC)sc2c1. The van der Waals surface area contributed by atoms with Crippen LogP contribution < -0.4 is 14.2 Å². The number of ether oxygens (including phenoxy) is 6. The molecule has 1 aromatic heterocycles. The van der Waals surface area contributed by atoms with E-state index in [1.807, 2.05) is 18.2 Å². The fraction of sp³-hybridized carbons (Fsp3) is 0.462. The molecule has 3 aromatic rings. The van der Waals surface area contributed by atoms with Crippen LogP contribution in [0.2, 0.25) is 0 Å². The molecule has 0 aliphatic rings. The first-order valence-corrected chi connectivity index (χ1v) is 12.1. The third-order valence-corrected chi connectivity index (χ3v) is 6.18. The van der Waals surface area contributed by atoms with Crippen LogP contribution in [0.25, 0.3) is 10.2 Å². The Bertz CT molecular complexity index is 1140. The Morgan fingerprint density at radius 3 is 2.37 bits per heavy atom. The molecule has 0 fully saturated rings. The predicted octanol–water partition coefficient (Wildman–Crippen LogP) is 4.86. The van der Waals surface area contributed by atoms with Crippen LogP contribution in [-0.2, 0) is 19.6 Å². The summed E-state index contributed by atoms with van der Waals surface area (Å²) in [5, 5.41) is 0.375. The van der Waals surface area contributed by atoms with Crippen LogP contribution in [0.15, 0.2) is 30.3 Å². The number of fused-ring (bicyclic) bond motifs is 1. The van der Waals surface area contributed by atoms with Crippen molar-refractivity contribution in [2.45, 2.75) is 26.2 Å². The zero-order chi connectivity index (χ0) is 25.4. The molecule has 0 aliphatic carbocycles. The Balaban J connectivity index is 1.89. The summed E-state index contributed by atoms with van der Waals surface area (Å²) in [7, 11) is 4.81. The number of hydrogen-bond acceptors (Lipinski definition) is 9. The number of benzene rings is 2. The second-order valence-electron chi connectivity index (χ2n) is 8.75. The lowest BCUT2D eigenvalue weighted by Gasteiger charge is -2.26. The maximum Gasteiger partial charge on any atom is 0.225 e. The van der Waals surface area contributed by atoms with E-state index in [-0.39, 0.29) is 18.0 Å². The summed E-state index contributed by atoms with van der Waals surface area (Å²) in [6.07, 6.45) is 0. The van der Waals surface area contributed by atoms with Gasteiger partial charge in [0.1, 0.15) is 23.9 Å². The van der Waals surface area contributed by atoms with Gasteiger partial charge in [-0.25, -0.2) is 4.98 Å². The molecular formula is C26H33NO7S. The van der Waals surface area contributed by atoms with Gasteiger partial charge in [-0.15, -0.1) is 11.3 Å².